The Morgan fingerprint density at radius 1 is 0.378 bits per heavy atom. The van der Waals surface area contributed by atoms with Crippen LogP contribution in [0.2, 0.25) is 0 Å². The SMILES string of the molecule is CC/C=C\C/C=C\C/C=C\C/C=C\C/C=C\C/C=C\C/C=C\C/C=C\C/C=C\CCCC(=O)OC(COC(=O)CCCCCCCCCCCCCCC/C=C\C/C=C\C/C=C\C/C=C\C/C=C\CC)COP(=O)(O)OCC[N+](C)(C)C. The van der Waals surface area contributed by atoms with E-state index in [2.05, 4.69) is 178 Å². The zero-order chi connectivity index (χ0) is 59.8. The van der Waals surface area contributed by atoms with Crippen LogP contribution < -0.4 is 0 Å². The van der Waals surface area contributed by atoms with Gasteiger partial charge in [0, 0.05) is 12.8 Å². The maximum atomic E-state index is 12.8. The third-order valence-electron chi connectivity index (χ3n) is 12.7. The highest BCUT2D eigenvalue weighted by Crippen LogP contribution is 2.43. The minimum Gasteiger partial charge on any atom is -0.462 e. The maximum Gasteiger partial charge on any atom is 0.472 e. The van der Waals surface area contributed by atoms with Crippen molar-refractivity contribution in [3.63, 3.8) is 0 Å². The number of allylic oxidation sites excluding steroid dienone is 28. The topological polar surface area (TPSA) is 108 Å². The van der Waals surface area contributed by atoms with E-state index < -0.39 is 32.5 Å². The molecule has 0 amide bonds. The average molecular weight is 1160 g/mol. The highest BCUT2D eigenvalue weighted by atomic mass is 31.2. The second-order valence-electron chi connectivity index (χ2n) is 21.7. The summed E-state index contributed by atoms with van der Waals surface area (Å²) in [7, 11) is 1.42. The molecule has 462 valence electrons. The first-order valence-electron chi connectivity index (χ1n) is 31.9. The molecule has 0 aromatic carbocycles. The molecule has 0 radical (unpaired) electrons. The van der Waals surface area contributed by atoms with Crippen LogP contribution >= 0.6 is 7.82 Å². The molecule has 0 heterocycles. The number of rotatable bonds is 56. The maximum absolute atomic E-state index is 12.8. The molecule has 0 aliphatic carbocycles. The van der Waals surface area contributed by atoms with Crippen molar-refractivity contribution in [2.75, 3.05) is 47.5 Å². The summed E-state index contributed by atoms with van der Waals surface area (Å²) in [5.41, 5.74) is 0. The van der Waals surface area contributed by atoms with E-state index in [0.717, 1.165) is 116 Å². The van der Waals surface area contributed by atoms with Crippen LogP contribution in [-0.2, 0) is 32.7 Å². The predicted octanol–water partition coefficient (Wildman–Crippen LogP) is 20.6. The summed E-state index contributed by atoms with van der Waals surface area (Å²) in [6, 6.07) is 0. The molecule has 10 heteroatoms. The van der Waals surface area contributed by atoms with Crippen LogP contribution in [0.1, 0.15) is 219 Å². The Balaban J connectivity index is 4.26. The van der Waals surface area contributed by atoms with Gasteiger partial charge >= 0.3 is 19.8 Å². The number of phosphoric ester groups is 1. The zero-order valence-corrected chi connectivity index (χ0v) is 53.3. The molecule has 0 saturated carbocycles. The molecule has 0 bridgehead atoms. The number of ether oxygens (including phenoxy) is 2. The Bertz CT molecular complexity index is 1990. The summed E-state index contributed by atoms with van der Waals surface area (Å²) in [4.78, 5) is 35.8. The monoisotopic (exact) mass is 1150 g/mol. The van der Waals surface area contributed by atoms with Crippen molar-refractivity contribution in [1.29, 1.82) is 0 Å². The molecule has 0 aliphatic heterocycles. The van der Waals surface area contributed by atoms with Crippen molar-refractivity contribution in [3.05, 3.63) is 170 Å². The normalized spacial score (nSPS) is 14.4. The number of phosphoric acid groups is 1. The van der Waals surface area contributed by atoms with Crippen LogP contribution in [0.5, 0.6) is 0 Å². The van der Waals surface area contributed by atoms with E-state index in [-0.39, 0.29) is 26.1 Å². The van der Waals surface area contributed by atoms with Crippen molar-refractivity contribution in [2.45, 2.75) is 225 Å². The van der Waals surface area contributed by atoms with Gasteiger partial charge in [0.2, 0.25) is 0 Å². The highest BCUT2D eigenvalue weighted by molar-refractivity contribution is 7.47. The Morgan fingerprint density at radius 3 is 1.01 bits per heavy atom. The fourth-order valence-electron chi connectivity index (χ4n) is 7.93. The minimum absolute atomic E-state index is 0.0110. The molecule has 82 heavy (non-hydrogen) atoms. The Kier molecular flexibility index (Phi) is 57.5. The van der Waals surface area contributed by atoms with Gasteiger partial charge < -0.3 is 18.9 Å². The predicted molar refractivity (Wildman–Crippen MR) is 353 cm³/mol. The Labute approximate surface area is 502 Å². The first-order chi connectivity index (χ1) is 40.0. The number of unbranched alkanes of at least 4 members (excludes halogenated alkanes) is 14. The quantitative estimate of drug-likeness (QED) is 0.0211. The molecule has 0 rings (SSSR count). The Hall–Kier alpha value is -4.63. The summed E-state index contributed by atoms with van der Waals surface area (Å²) in [6.07, 6.45) is 93.0. The van der Waals surface area contributed by atoms with Crippen LogP contribution in [0.25, 0.3) is 0 Å². The molecule has 0 aromatic heterocycles. The van der Waals surface area contributed by atoms with Gasteiger partial charge in [0.05, 0.1) is 27.7 Å². The van der Waals surface area contributed by atoms with E-state index in [1.54, 1.807) is 0 Å². The fraction of sp³-hybridized carbons (Fsp3) is 0.583. The lowest BCUT2D eigenvalue weighted by Gasteiger charge is -2.24. The van der Waals surface area contributed by atoms with Crippen molar-refractivity contribution < 1.29 is 42.1 Å². The molecular formula is C72H117NO8P+. The Morgan fingerprint density at radius 2 is 0.671 bits per heavy atom. The van der Waals surface area contributed by atoms with Crippen LogP contribution in [0.15, 0.2) is 170 Å². The van der Waals surface area contributed by atoms with Crippen LogP contribution in [0, 0.1) is 0 Å². The molecule has 0 fully saturated rings. The lowest BCUT2D eigenvalue weighted by molar-refractivity contribution is -0.870. The summed E-state index contributed by atoms with van der Waals surface area (Å²) >= 11 is 0. The van der Waals surface area contributed by atoms with Crippen LogP contribution in [0.4, 0.5) is 0 Å². The molecule has 9 nitrogen and oxygen atoms in total. The number of hydrogen-bond donors (Lipinski definition) is 1. The van der Waals surface area contributed by atoms with Gasteiger partial charge in [-0.15, -0.1) is 0 Å². The molecule has 0 spiro atoms. The molecule has 0 aromatic rings. The number of hydrogen-bond acceptors (Lipinski definition) is 7. The minimum atomic E-state index is -4.42. The second kappa shape index (κ2) is 60.9. The third kappa shape index (κ3) is 64.5. The average Bonchev–Trinajstić information content (AvgIpc) is 3.45. The van der Waals surface area contributed by atoms with E-state index in [4.69, 9.17) is 18.5 Å². The van der Waals surface area contributed by atoms with Gasteiger partial charge in [-0.3, -0.25) is 18.6 Å². The molecule has 1 N–H and O–H groups in total. The first-order valence-corrected chi connectivity index (χ1v) is 33.4. The number of carbonyl (C=O) groups is 2. The lowest BCUT2D eigenvalue weighted by atomic mass is 10.0. The number of esters is 2. The zero-order valence-electron chi connectivity index (χ0n) is 52.4. The smallest absolute Gasteiger partial charge is 0.462 e. The van der Waals surface area contributed by atoms with Crippen molar-refractivity contribution in [1.82, 2.24) is 0 Å². The van der Waals surface area contributed by atoms with E-state index in [1.165, 1.54) is 64.2 Å². The van der Waals surface area contributed by atoms with E-state index >= 15 is 0 Å². The highest BCUT2D eigenvalue weighted by Gasteiger charge is 2.27. The van der Waals surface area contributed by atoms with E-state index in [0.29, 0.717) is 23.9 Å². The summed E-state index contributed by atoms with van der Waals surface area (Å²) < 4.78 is 34.6. The number of carbonyl (C=O) groups excluding carboxylic acids is 2. The number of nitrogens with zero attached hydrogens (tertiary/aromatic N) is 1. The molecule has 2 unspecified atom stereocenters. The van der Waals surface area contributed by atoms with Crippen molar-refractivity contribution >= 4 is 19.8 Å². The fourth-order valence-corrected chi connectivity index (χ4v) is 8.67. The summed E-state index contributed by atoms with van der Waals surface area (Å²) in [6.45, 7) is 4.12. The van der Waals surface area contributed by atoms with Gasteiger partial charge in [-0.05, 0) is 122 Å². The van der Waals surface area contributed by atoms with Gasteiger partial charge in [0.25, 0.3) is 0 Å². The molecule has 0 aliphatic rings. The standard InChI is InChI=1S/C72H116NO8P/c1-6-8-10-12-14-16-18-20-22-24-26-28-30-32-34-36-38-40-42-44-46-48-50-52-54-56-58-60-62-64-71(74)78-68-70(69-80-82(76,77)79-67-66-73(3,4)5)81-72(75)65-63-61-59-57-55-53-51-49-47-45-43-41-39-37-35-33-31-29-27-25-23-21-19-17-15-13-11-9-7-2/h8-11,14-17,20-23,26-29,32-35,39,41,45,47,51,53,57,59,70H,6-7,12-13,18-19,24-25,30-31,36-38,40,42-44,46,48-50,52,54-56,58,60-69H2,1-5H3/p+1/b10-8-,11-9-,16-14-,17-15-,22-20-,23-21-,28-26-,29-27-,34-32-,35-33-,41-39-,47-45-,53-51-,59-57-. The van der Waals surface area contributed by atoms with Gasteiger partial charge in [-0.25, -0.2) is 4.57 Å². The lowest BCUT2D eigenvalue weighted by Crippen LogP contribution is -2.37. The first kappa shape index (κ1) is 77.4. The van der Waals surface area contributed by atoms with Gasteiger partial charge in [0.15, 0.2) is 6.10 Å². The van der Waals surface area contributed by atoms with Crippen molar-refractivity contribution in [2.24, 2.45) is 0 Å². The summed E-state index contributed by atoms with van der Waals surface area (Å²) in [5.74, 6) is -0.881. The van der Waals surface area contributed by atoms with Gasteiger partial charge in [0.1, 0.15) is 19.8 Å². The van der Waals surface area contributed by atoms with Crippen molar-refractivity contribution in [3.8, 4) is 0 Å². The number of likely N-dealkylation sites (N-methyl/N-ethyl adjacent to an activating group) is 1. The summed E-state index contributed by atoms with van der Waals surface area (Å²) in [5, 5.41) is 0. The van der Waals surface area contributed by atoms with Crippen LogP contribution in [0.3, 0.4) is 0 Å². The third-order valence-corrected chi connectivity index (χ3v) is 13.7. The van der Waals surface area contributed by atoms with E-state index in [1.807, 2.05) is 27.2 Å². The second-order valence-corrected chi connectivity index (χ2v) is 23.1. The largest absolute Gasteiger partial charge is 0.472 e. The van der Waals surface area contributed by atoms with Gasteiger partial charge in [-0.2, -0.15) is 0 Å². The molecule has 2 atom stereocenters. The van der Waals surface area contributed by atoms with Crippen LogP contribution in [-0.4, -0.2) is 74.9 Å². The van der Waals surface area contributed by atoms with Gasteiger partial charge in [-0.1, -0.05) is 255 Å². The molecular weight excluding hydrogens is 1040 g/mol. The number of quaternary nitrogens is 1. The molecule has 0 saturated heterocycles. The van der Waals surface area contributed by atoms with E-state index in [9.17, 15) is 19.0 Å².